The Balaban J connectivity index is 2.23. The van der Waals surface area contributed by atoms with Crippen LogP contribution in [0, 0.1) is 0 Å². The Morgan fingerprint density at radius 2 is 1.24 bits per heavy atom. The van der Waals surface area contributed by atoms with E-state index in [2.05, 4.69) is 5.32 Å². The van der Waals surface area contributed by atoms with Crippen LogP contribution in [0.5, 0.6) is 0 Å². The quantitative estimate of drug-likeness (QED) is 0.940. The van der Waals surface area contributed by atoms with Gasteiger partial charge in [0.15, 0.2) is 0 Å². The van der Waals surface area contributed by atoms with E-state index in [1.165, 1.54) is 0 Å². The molecular weight excluding hydrogens is 264 g/mol. The zero-order chi connectivity index (χ0) is 15.4. The number of nitrogens with zero attached hydrogens (tertiary/aromatic N) is 1. The van der Waals surface area contributed by atoms with E-state index in [1.807, 2.05) is 36.4 Å². The van der Waals surface area contributed by atoms with Gasteiger partial charge in [-0.3, -0.25) is 9.59 Å². The first kappa shape index (κ1) is 14.8. The highest BCUT2D eigenvalue weighted by atomic mass is 16.2. The van der Waals surface area contributed by atoms with Gasteiger partial charge in [-0.15, -0.1) is 0 Å². The Morgan fingerprint density at radius 1 is 0.810 bits per heavy atom. The molecule has 0 unspecified atom stereocenters. The van der Waals surface area contributed by atoms with Crippen molar-refractivity contribution in [2.45, 2.75) is 0 Å². The van der Waals surface area contributed by atoms with Crippen molar-refractivity contribution >= 4 is 11.8 Å². The molecule has 0 radical (unpaired) electrons. The number of carbonyl (C=O) groups excluding carboxylic acids is 2. The summed E-state index contributed by atoms with van der Waals surface area (Å²) in [6, 6.07) is 14.8. The lowest BCUT2D eigenvalue weighted by Crippen LogP contribution is -2.21. The van der Waals surface area contributed by atoms with E-state index in [0.29, 0.717) is 11.1 Å². The fourth-order valence-electron chi connectivity index (χ4n) is 2.02. The Labute approximate surface area is 124 Å². The van der Waals surface area contributed by atoms with E-state index in [9.17, 15) is 9.59 Å². The van der Waals surface area contributed by atoms with Crippen LogP contribution in [-0.2, 0) is 0 Å². The number of rotatable bonds is 3. The molecule has 21 heavy (non-hydrogen) atoms. The van der Waals surface area contributed by atoms with Crippen molar-refractivity contribution in [1.29, 1.82) is 0 Å². The summed E-state index contributed by atoms with van der Waals surface area (Å²) in [5, 5.41) is 2.59. The number of carbonyl (C=O) groups is 2. The minimum atomic E-state index is -0.103. The third kappa shape index (κ3) is 3.28. The third-order valence-electron chi connectivity index (χ3n) is 3.25. The van der Waals surface area contributed by atoms with Gasteiger partial charge >= 0.3 is 0 Å². The molecule has 0 saturated carbocycles. The monoisotopic (exact) mass is 282 g/mol. The molecule has 2 rings (SSSR count). The van der Waals surface area contributed by atoms with E-state index < -0.39 is 0 Å². The molecule has 0 aliphatic carbocycles. The van der Waals surface area contributed by atoms with Crippen molar-refractivity contribution in [3.8, 4) is 11.1 Å². The maximum absolute atomic E-state index is 11.8. The summed E-state index contributed by atoms with van der Waals surface area (Å²) < 4.78 is 0. The Kier molecular flexibility index (Phi) is 4.38. The van der Waals surface area contributed by atoms with Gasteiger partial charge in [-0.05, 0) is 35.4 Å². The molecule has 0 atom stereocenters. The zero-order valence-corrected chi connectivity index (χ0v) is 12.4. The second kappa shape index (κ2) is 6.22. The number of hydrogen-bond acceptors (Lipinski definition) is 2. The fourth-order valence-corrected chi connectivity index (χ4v) is 2.02. The lowest BCUT2D eigenvalue weighted by molar-refractivity contribution is 0.0827. The molecule has 0 aromatic heterocycles. The van der Waals surface area contributed by atoms with Crippen molar-refractivity contribution in [2.75, 3.05) is 21.1 Å². The summed E-state index contributed by atoms with van der Waals surface area (Å²) in [6.07, 6.45) is 0. The van der Waals surface area contributed by atoms with E-state index in [1.54, 1.807) is 38.2 Å². The maximum Gasteiger partial charge on any atom is 0.253 e. The average molecular weight is 282 g/mol. The van der Waals surface area contributed by atoms with Crippen LogP contribution in [0.3, 0.4) is 0 Å². The molecule has 0 saturated heterocycles. The second-order valence-corrected chi connectivity index (χ2v) is 4.93. The molecule has 2 aromatic carbocycles. The predicted molar refractivity (Wildman–Crippen MR) is 83.3 cm³/mol. The molecule has 2 amide bonds. The molecule has 108 valence electrons. The van der Waals surface area contributed by atoms with Crippen LogP contribution in [0.25, 0.3) is 11.1 Å². The summed E-state index contributed by atoms with van der Waals surface area (Å²) >= 11 is 0. The highest BCUT2D eigenvalue weighted by molar-refractivity contribution is 5.95. The van der Waals surface area contributed by atoms with Gasteiger partial charge < -0.3 is 10.2 Å². The molecule has 0 aliphatic rings. The van der Waals surface area contributed by atoms with E-state index in [0.717, 1.165) is 11.1 Å². The Bertz CT molecular complexity index is 643. The Morgan fingerprint density at radius 3 is 1.62 bits per heavy atom. The minimum absolute atomic E-state index is 0.0171. The van der Waals surface area contributed by atoms with Crippen molar-refractivity contribution in [2.24, 2.45) is 0 Å². The highest BCUT2D eigenvalue weighted by Crippen LogP contribution is 2.20. The summed E-state index contributed by atoms with van der Waals surface area (Å²) in [7, 11) is 5.07. The number of hydrogen-bond donors (Lipinski definition) is 1. The molecule has 2 aromatic rings. The summed E-state index contributed by atoms with van der Waals surface area (Å²) in [5.41, 5.74) is 3.30. The van der Waals surface area contributed by atoms with Gasteiger partial charge in [-0.1, -0.05) is 24.3 Å². The van der Waals surface area contributed by atoms with Crippen LogP contribution in [0.1, 0.15) is 20.7 Å². The van der Waals surface area contributed by atoms with Gasteiger partial charge in [-0.2, -0.15) is 0 Å². The van der Waals surface area contributed by atoms with Gasteiger partial charge in [0.25, 0.3) is 11.8 Å². The van der Waals surface area contributed by atoms with E-state index >= 15 is 0 Å². The van der Waals surface area contributed by atoms with E-state index in [-0.39, 0.29) is 11.8 Å². The van der Waals surface area contributed by atoms with Crippen LogP contribution in [0.2, 0.25) is 0 Å². The summed E-state index contributed by atoms with van der Waals surface area (Å²) in [4.78, 5) is 24.9. The van der Waals surface area contributed by atoms with Gasteiger partial charge in [0.05, 0.1) is 0 Å². The SMILES string of the molecule is CNC(=O)c1ccc(-c2ccc(C(=O)N(C)C)cc2)cc1. The lowest BCUT2D eigenvalue weighted by atomic mass is 10.0. The highest BCUT2D eigenvalue weighted by Gasteiger charge is 2.08. The largest absolute Gasteiger partial charge is 0.355 e. The molecule has 1 N–H and O–H groups in total. The number of benzene rings is 2. The number of nitrogens with one attached hydrogen (secondary N) is 1. The van der Waals surface area contributed by atoms with E-state index in [4.69, 9.17) is 0 Å². The first-order valence-corrected chi connectivity index (χ1v) is 6.67. The van der Waals surface area contributed by atoms with Crippen molar-refractivity contribution in [1.82, 2.24) is 10.2 Å². The minimum Gasteiger partial charge on any atom is -0.355 e. The zero-order valence-electron chi connectivity index (χ0n) is 12.4. The van der Waals surface area contributed by atoms with Gasteiger partial charge in [-0.25, -0.2) is 0 Å². The second-order valence-electron chi connectivity index (χ2n) is 4.93. The first-order chi connectivity index (χ1) is 10.0. The normalized spacial score (nSPS) is 10.0. The average Bonchev–Trinajstić information content (AvgIpc) is 2.53. The van der Waals surface area contributed by atoms with Crippen LogP contribution in [-0.4, -0.2) is 37.9 Å². The van der Waals surface area contributed by atoms with Crippen LogP contribution >= 0.6 is 0 Å². The first-order valence-electron chi connectivity index (χ1n) is 6.67. The molecule has 0 spiro atoms. The molecule has 0 fully saturated rings. The maximum atomic E-state index is 11.8. The van der Waals surface area contributed by atoms with Crippen molar-refractivity contribution in [3.63, 3.8) is 0 Å². The molecule has 4 heteroatoms. The Hall–Kier alpha value is -2.62. The molecule has 4 nitrogen and oxygen atoms in total. The van der Waals surface area contributed by atoms with Crippen LogP contribution in [0.4, 0.5) is 0 Å². The molecule has 0 aliphatic heterocycles. The smallest absolute Gasteiger partial charge is 0.253 e. The molecule has 0 bridgehead atoms. The lowest BCUT2D eigenvalue weighted by Gasteiger charge is -2.10. The van der Waals surface area contributed by atoms with Crippen LogP contribution < -0.4 is 5.32 Å². The topological polar surface area (TPSA) is 49.4 Å². The van der Waals surface area contributed by atoms with Gasteiger partial charge in [0.2, 0.25) is 0 Å². The van der Waals surface area contributed by atoms with Crippen LogP contribution in [0.15, 0.2) is 48.5 Å². The summed E-state index contributed by atoms with van der Waals surface area (Å²) in [6.45, 7) is 0. The van der Waals surface area contributed by atoms with Gasteiger partial charge in [0.1, 0.15) is 0 Å². The standard InChI is InChI=1S/C17H18N2O2/c1-18-16(20)14-8-4-12(5-9-14)13-6-10-15(11-7-13)17(21)19(2)3/h4-11H,1-3H3,(H,18,20). The van der Waals surface area contributed by atoms with Crippen molar-refractivity contribution in [3.05, 3.63) is 59.7 Å². The van der Waals surface area contributed by atoms with Gasteiger partial charge in [0, 0.05) is 32.3 Å². The molecular formula is C17H18N2O2. The summed E-state index contributed by atoms with van der Waals surface area (Å²) in [5.74, 6) is -0.120. The van der Waals surface area contributed by atoms with Crippen molar-refractivity contribution < 1.29 is 9.59 Å². The predicted octanol–water partition coefficient (Wildman–Crippen LogP) is 2.42. The molecule has 0 heterocycles. The fraction of sp³-hybridized carbons (Fsp3) is 0.176. The third-order valence-corrected chi connectivity index (χ3v) is 3.25. The number of amides is 2.